The molecule has 0 saturated carbocycles. The Morgan fingerprint density at radius 2 is 2.00 bits per heavy atom. The molecule has 0 bridgehead atoms. The van der Waals surface area contributed by atoms with Gasteiger partial charge in [0, 0.05) is 0 Å². The maximum absolute atomic E-state index is 13.9. The molecule has 2 aromatic rings. The number of hydrogen-bond donors (Lipinski definition) is 1. The standard InChI is InChI=1S/C18H16FN3O5/c1-24-11-6-8(4-5-9(11)19)12-13-10(7-27-17(13)23)20-15-14(12)21-18(26-3)22-16(15)25-2/h4-6,12,20H,7H2,1-3H3. The lowest BCUT2D eigenvalue weighted by molar-refractivity contribution is -0.136. The number of carbonyl (C=O) groups excluding carboxylic acids is 1. The number of rotatable bonds is 4. The van der Waals surface area contributed by atoms with E-state index in [1.807, 2.05) is 0 Å². The van der Waals surface area contributed by atoms with Gasteiger partial charge in [0.2, 0.25) is 5.88 Å². The first-order chi connectivity index (χ1) is 13.1. The van der Waals surface area contributed by atoms with Crippen molar-refractivity contribution in [3.63, 3.8) is 0 Å². The molecular weight excluding hydrogens is 357 g/mol. The number of esters is 1. The van der Waals surface area contributed by atoms with Gasteiger partial charge >= 0.3 is 12.0 Å². The number of halogens is 1. The number of aromatic nitrogens is 2. The van der Waals surface area contributed by atoms with Crippen LogP contribution in [0.4, 0.5) is 10.1 Å². The summed E-state index contributed by atoms with van der Waals surface area (Å²) >= 11 is 0. The first-order valence-electron chi connectivity index (χ1n) is 8.08. The summed E-state index contributed by atoms with van der Waals surface area (Å²) in [4.78, 5) is 21.0. The summed E-state index contributed by atoms with van der Waals surface area (Å²) < 4.78 is 34.7. The van der Waals surface area contributed by atoms with E-state index < -0.39 is 17.7 Å². The molecule has 0 radical (unpaired) electrons. The van der Waals surface area contributed by atoms with Crippen molar-refractivity contribution in [3.05, 3.63) is 46.5 Å². The van der Waals surface area contributed by atoms with Crippen LogP contribution in [0.2, 0.25) is 0 Å². The fraction of sp³-hybridized carbons (Fsp3) is 0.278. The molecule has 4 rings (SSSR count). The fourth-order valence-corrected chi connectivity index (χ4v) is 3.28. The average molecular weight is 373 g/mol. The molecule has 1 aromatic carbocycles. The van der Waals surface area contributed by atoms with Crippen LogP contribution in [0.15, 0.2) is 29.5 Å². The Balaban J connectivity index is 1.97. The van der Waals surface area contributed by atoms with Gasteiger partial charge in [-0.25, -0.2) is 9.18 Å². The van der Waals surface area contributed by atoms with E-state index in [0.29, 0.717) is 28.2 Å². The maximum atomic E-state index is 13.9. The van der Waals surface area contributed by atoms with Crippen LogP contribution in [0.1, 0.15) is 17.2 Å². The molecule has 27 heavy (non-hydrogen) atoms. The van der Waals surface area contributed by atoms with Crippen LogP contribution in [0, 0.1) is 5.82 Å². The Morgan fingerprint density at radius 1 is 1.19 bits per heavy atom. The second-order valence-corrected chi connectivity index (χ2v) is 5.90. The number of carbonyl (C=O) groups is 1. The van der Waals surface area contributed by atoms with Gasteiger partial charge in [-0.3, -0.25) is 0 Å². The SMILES string of the molecule is COc1nc(OC)c2c(n1)C(c1ccc(F)c(OC)c1)C1=C(COC1=O)N2. The Labute approximate surface area is 153 Å². The summed E-state index contributed by atoms with van der Waals surface area (Å²) in [6.45, 7) is 0.0949. The summed E-state index contributed by atoms with van der Waals surface area (Å²) in [5, 5.41) is 3.12. The molecule has 0 aliphatic carbocycles. The highest BCUT2D eigenvalue weighted by Gasteiger charge is 2.41. The predicted octanol–water partition coefficient (Wildman–Crippen LogP) is 2.01. The minimum Gasteiger partial charge on any atom is -0.494 e. The van der Waals surface area contributed by atoms with Gasteiger partial charge in [-0.15, -0.1) is 0 Å². The molecule has 0 saturated heterocycles. The van der Waals surface area contributed by atoms with Gasteiger partial charge in [-0.2, -0.15) is 9.97 Å². The van der Waals surface area contributed by atoms with E-state index in [4.69, 9.17) is 18.9 Å². The molecule has 9 heteroatoms. The van der Waals surface area contributed by atoms with E-state index in [0.717, 1.165) is 0 Å². The van der Waals surface area contributed by atoms with Crippen molar-refractivity contribution in [2.24, 2.45) is 0 Å². The zero-order valence-corrected chi connectivity index (χ0v) is 14.8. The number of nitrogens with one attached hydrogen (secondary N) is 1. The van der Waals surface area contributed by atoms with Crippen molar-refractivity contribution in [2.75, 3.05) is 33.3 Å². The lowest BCUT2D eigenvalue weighted by Gasteiger charge is -2.27. The Hall–Kier alpha value is -3.36. The molecule has 0 fully saturated rings. The molecule has 1 atom stereocenters. The molecule has 0 amide bonds. The molecule has 140 valence electrons. The third-order valence-corrected chi connectivity index (χ3v) is 4.50. The van der Waals surface area contributed by atoms with E-state index in [1.54, 1.807) is 6.07 Å². The predicted molar refractivity (Wildman–Crippen MR) is 91.5 cm³/mol. The van der Waals surface area contributed by atoms with Crippen LogP contribution in [0.5, 0.6) is 17.6 Å². The van der Waals surface area contributed by atoms with Gasteiger partial charge in [-0.1, -0.05) is 6.07 Å². The Kier molecular flexibility index (Phi) is 4.06. The first kappa shape index (κ1) is 17.1. The number of nitrogens with zero attached hydrogens (tertiary/aromatic N) is 2. The molecule has 0 spiro atoms. The highest BCUT2D eigenvalue weighted by atomic mass is 19.1. The third kappa shape index (κ3) is 2.62. The lowest BCUT2D eigenvalue weighted by atomic mass is 9.84. The molecule has 1 aromatic heterocycles. The van der Waals surface area contributed by atoms with Crippen molar-refractivity contribution in [1.82, 2.24) is 9.97 Å². The average Bonchev–Trinajstić information content (AvgIpc) is 3.06. The van der Waals surface area contributed by atoms with Gasteiger partial charge in [0.25, 0.3) is 0 Å². The van der Waals surface area contributed by atoms with Gasteiger partial charge < -0.3 is 24.3 Å². The highest BCUT2D eigenvalue weighted by molar-refractivity contribution is 5.97. The van der Waals surface area contributed by atoms with E-state index in [1.165, 1.54) is 33.5 Å². The summed E-state index contributed by atoms with van der Waals surface area (Å²) in [7, 11) is 4.28. The molecule has 2 aliphatic heterocycles. The van der Waals surface area contributed by atoms with Crippen LogP contribution >= 0.6 is 0 Å². The zero-order chi connectivity index (χ0) is 19.1. The van der Waals surface area contributed by atoms with Crippen molar-refractivity contribution in [3.8, 4) is 17.6 Å². The minimum absolute atomic E-state index is 0.0640. The van der Waals surface area contributed by atoms with E-state index >= 15 is 0 Å². The van der Waals surface area contributed by atoms with Crippen molar-refractivity contribution in [2.45, 2.75) is 5.92 Å². The Bertz CT molecular complexity index is 976. The van der Waals surface area contributed by atoms with E-state index in [2.05, 4.69) is 15.3 Å². The van der Waals surface area contributed by atoms with E-state index in [-0.39, 0.29) is 24.2 Å². The second kappa shape index (κ2) is 6.42. The monoisotopic (exact) mass is 373 g/mol. The minimum atomic E-state index is -0.619. The largest absolute Gasteiger partial charge is 0.494 e. The third-order valence-electron chi connectivity index (χ3n) is 4.50. The van der Waals surface area contributed by atoms with Gasteiger partial charge in [0.15, 0.2) is 11.6 Å². The van der Waals surface area contributed by atoms with Crippen molar-refractivity contribution >= 4 is 11.7 Å². The van der Waals surface area contributed by atoms with Crippen LogP contribution in [-0.4, -0.2) is 43.9 Å². The number of methoxy groups -OCH3 is 3. The van der Waals surface area contributed by atoms with Crippen LogP contribution in [0.25, 0.3) is 0 Å². The molecule has 1 unspecified atom stereocenters. The second-order valence-electron chi connectivity index (χ2n) is 5.90. The molecule has 2 aliphatic rings. The Morgan fingerprint density at radius 3 is 2.70 bits per heavy atom. The molecule has 3 heterocycles. The first-order valence-corrected chi connectivity index (χ1v) is 8.08. The topological polar surface area (TPSA) is 91.8 Å². The summed E-state index contributed by atoms with van der Waals surface area (Å²) in [6, 6.07) is 4.48. The van der Waals surface area contributed by atoms with Gasteiger partial charge in [0.05, 0.1) is 44.2 Å². The molecule has 1 N–H and O–H groups in total. The van der Waals surface area contributed by atoms with Crippen molar-refractivity contribution < 1.29 is 28.1 Å². The highest BCUT2D eigenvalue weighted by Crippen LogP contribution is 2.47. The number of anilines is 1. The zero-order valence-electron chi connectivity index (χ0n) is 14.8. The number of fused-ring (bicyclic) bond motifs is 1. The van der Waals surface area contributed by atoms with Gasteiger partial charge in [0.1, 0.15) is 12.3 Å². The number of ether oxygens (including phenoxy) is 4. The van der Waals surface area contributed by atoms with E-state index in [9.17, 15) is 9.18 Å². The number of hydrogen-bond acceptors (Lipinski definition) is 8. The van der Waals surface area contributed by atoms with Gasteiger partial charge in [-0.05, 0) is 17.7 Å². The van der Waals surface area contributed by atoms with Crippen LogP contribution < -0.4 is 19.5 Å². The summed E-state index contributed by atoms with van der Waals surface area (Å²) in [5.74, 6) is -1.26. The maximum Gasteiger partial charge on any atom is 0.337 e. The summed E-state index contributed by atoms with van der Waals surface area (Å²) in [5.41, 5.74) is 2.57. The number of cyclic esters (lactones) is 1. The normalized spacial score (nSPS) is 17.6. The quantitative estimate of drug-likeness (QED) is 0.814. The summed E-state index contributed by atoms with van der Waals surface area (Å²) in [6.07, 6.45) is 0. The van der Waals surface area contributed by atoms with Crippen LogP contribution in [0.3, 0.4) is 0 Å². The molecule has 8 nitrogen and oxygen atoms in total. The van der Waals surface area contributed by atoms with Crippen LogP contribution in [-0.2, 0) is 9.53 Å². The lowest BCUT2D eigenvalue weighted by Crippen LogP contribution is -2.22. The number of benzene rings is 1. The fourth-order valence-electron chi connectivity index (χ4n) is 3.28. The van der Waals surface area contributed by atoms with Crippen molar-refractivity contribution in [1.29, 1.82) is 0 Å². The smallest absolute Gasteiger partial charge is 0.337 e. The molecular formula is C18H16FN3O5.